The van der Waals surface area contributed by atoms with E-state index in [1.165, 1.54) is 0 Å². The number of fused-ring (bicyclic) bond motifs is 1. The van der Waals surface area contributed by atoms with Crippen LogP contribution in [0.2, 0.25) is 0 Å². The molecule has 0 aromatic carbocycles. The minimum atomic E-state index is -0.375. The Balaban J connectivity index is 2.02. The summed E-state index contributed by atoms with van der Waals surface area (Å²) < 4.78 is 2.45. The van der Waals surface area contributed by atoms with E-state index < -0.39 is 0 Å². The summed E-state index contributed by atoms with van der Waals surface area (Å²) in [6.07, 6.45) is 3.03. The van der Waals surface area contributed by atoms with Gasteiger partial charge in [-0.25, -0.2) is 9.31 Å². The van der Waals surface area contributed by atoms with Gasteiger partial charge in [0.2, 0.25) is 0 Å². The van der Waals surface area contributed by atoms with Crippen molar-refractivity contribution < 1.29 is 9.90 Å². The number of aromatic nitrogens is 3. The third kappa shape index (κ3) is 3.67. The molecule has 0 aliphatic carbocycles. The summed E-state index contributed by atoms with van der Waals surface area (Å²) >= 11 is 3.34. The molecular formula is C12H16BrN5O2. The fourth-order valence-electron chi connectivity index (χ4n) is 1.77. The summed E-state index contributed by atoms with van der Waals surface area (Å²) in [5, 5.41) is 18.4. The van der Waals surface area contributed by atoms with Crippen molar-refractivity contribution in [2.24, 2.45) is 0 Å². The fourth-order valence-corrected chi connectivity index (χ4v) is 2.09. The van der Waals surface area contributed by atoms with Crippen LogP contribution in [0.25, 0.3) is 5.65 Å². The molecule has 2 aromatic rings. The molecule has 7 nitrogen and oxygen atoms in total. The molecule has 2 amide bonds. The van der Waals surface area contributed by atoms with E-state index in [1.54, 1.807) is 16.8 Å². The number of aliphatic hydroxyl groups is 1. The third-order valence-corrected chi connectivity index (χ3v) is 3.29. The molecule has 108 valence electrons. The quantitative estimate of drug-likeness (QED) is 0.772. The summed E-state index contributed by atoms with van der Waals surface area (Å²) in [5.41, 5.74) is 0.644. The van der Waals surface area contributed by atoms with Crippen LogP contribution in [0.5, 0.6) is 0 Å². The molecule has 2 rings (SSSR count). The number of aliphatic hydroxyl groups excluding tert-OH is 1. The predicted octanol–water partition coefficient (Wildman–Crippen LogP) is 1.77. The van der Waals surface area contributed by atoms with E-state index in [2.05, 4.69) is 36.6 Å². The van der Waals surface area contributed by atoms with Gasteiger partial charge in [-0.2, -0.15) is 4.98 Å². The SMILES string of the molecule is CC[C@H](CCO)NC(=O)Nc1nc2ccc(Br)cn2n1. The Kier molecular flexibility index (Phi) is 4.91. The lowest BCUT2D eigenvalue weighted by atomic mass is 10.2. The Morgan fingerprint density at radius 2 is 2.35 bits per heavy atom. The Bertz CT molecular complexity index is 601. The molecule has 3 N–H and O–H groups in total. The van der Waals surface area contributed by atoms with Crippen LogP contribution in [0.3, 0.4) is 0 Å². The smallest absolute Gasteiger partial charge is 0.321 e. The first-order valence-corrected chi connectivity index (χ1v) is 7.12. The Morgan fingerprint density at radius 3 is 3.05 bits per heavy atom. The molecule has 0 saturated heterocycles. The molecule has 0 fully saturated rings. The second-order valence-electron chi connectivity index (χ2n) is 4.30. The van der Waals surface area contributed by atoms with Crippen molar-refractivity contribution in [2.45, 2.75) is 25.8 Å². The van der Waals surface area contributed by atoms with Crippen molar-refractivity contribution in [3.05, 3.63) is 22.8 Å². The van der Waals surface area contributed by atoms with Crippen LogP contribution in [-0.2, 0) is 0 Å². The number of anilines is 1. The molecule has 20 heavy (non-hydrogen) atoms. The summed E-state index contributed by atoms with van der Waals surface area (Å²) in [4.78, 5) is 16.0. The molecule has 0 aliphatic heterocycles. The lowest BCUT2D eigenvalue weighted by Crippen LogP contribution is -2.38. The van der Waals surface area contributed by atoms with E-state index in [0.29, 0.717) is 12.1 Å². The first kappa shape index (κ1) is 14.7. The molecule has 0 aliphatic rings. The van der Waals surface area contributed by atoms with Crippen LogP contribution in [0, 0.1) is 0 Å². The van der Waals surface area contributed by atoms with Crippen molar-refractivity contribution in [2.75, 3.05) is 11.9 Å². The van der Waals surface area contributed by atoms with Crippen molar-refractivity contribution in [3.63, 3.8) is 0 Å². The number of carbonyl (C=O) groups excluding carboxylic acids is 1. The average Bonchev–Trinajstić information content (AvgIpc) is 2.79. The van der Waals surface area contributed by atoms with Gasteiger partial charge in [-0.1, -0.05) is 6.92 Å². The van der Waals surface area contributed by atoms with E-state index >= 15 is 0 Å². The standard InChI is InChI=1S/C12H16BrN5O2/c1-2-9(5-6-19)14-12(20)16-11-15-10-4-3-8(13)7-18(10)17-11/h3-4,7,9,19H,2,5-6H2,1H3,(H2,14,16,17,20)/t9-/m1/s1. The third-order valence-electron chi connectivity index (χ3n) is 2.83. The van der Waals surface area contributed by atoms with E-state index in [0.717, 1.165) is 10.9 Å². The van der Waals surface area contributed by atoms with Crippen LogP contribution < -0.4 is 10.6 Å². The highest BCUT2D eigenvalue weighted by Gasteiger charge is 2.12. The lowest BCUT2D eigenvalue weighted by molar-refractivity contribution is 0.237. The van der Waals surface area contributed by atoms with Gasteiger partial charge >= 0.3 is 6.03 Å². The Hall–Kier alpha value is -1.67. The number of nitrogens with one attached hydrogen (secondary N) is 2. The number of halogens is 1. The topological polar surface area (TPSA) is 91.5 Å². The van der Waals surface area contributed by atoms with E-state index in [1.807, 2.05) is 13.0 Å². The molecule has 0 bridgehead atoms. The normalized spacial score (nSPS) is 12.3. The van der Waals surface area contributed by atoms with Crippen molar-refractivity contribution in [1.82, 2.24) is 19.9 Å². The highest BCUT2D eigenvalue weighted by atomic mass is 79.9. The predicted molar refractivity (Wildman–Crippen MR) is 78.6 cm³/mol. The van der Waals surface area contributed by atoms with Crippen LogP contribution in [-0.4, -0.2) is 38.4 Å². The van der Waals surface area contributed by atoms with Gasteiger partial charge in [0.1, 0.15) is 0 Å². The van der Waals surface area contributed by atoms with Gasteiger partial charge in [-0.05, 0) is 40.9 Å². The minimum absolute atomic E-state index is 0.0411. The molecule has 2 aromatic heterocycles. The zero-order chi connectivity index (χ0) is 14.5. The van der Waals surface area contributed by atoms with E-state index in [-0.39, 0.29) is 24.6 Å². The number of pyridine rings is 1. The number of nitrogens with zero attached hydrogens (tertiary/aromatic N) is 3. The molecular weight excluding hydrogens is 326 g/mol. The zero-order valence-electron chi connectivity index (χ0n) is 11.0. The van der Waals surface area contributed by atoms with Gasteiger partial charge in [0, 0.05) is 23.3 Å². The van der Waals surface area contributed by atoms with Gasteiger partial charge in [-0.15, -0.1) is 5.10 Å². The van der Waals surface area contributed by atoms with Crippen LogP contribution >= 0.6 is 15.9 Å². The first-order valence-electron chi connectivity index (χ1n) is 6.32. The van der Waals surface area contributed by atoms with Gasteiger partial charge in [0.15, 0.2) is 5.65 Å². The maximum atomic E-state index is 11.8. The number of rotatable bonds is 5. The number of urea groups is 1. The summed E-state index contributed by atoms with van der Waals surface area (Å²) in [6.45, 7) is 1.99. The summed E-state index contributed by atoms with van der Waals surface area (Å²) in [7, 11) is 0. The fraction of sp³-hybridized carbons (Fsp3) is 0.417. The zero-order valence-corrected chi connectivity index (χ0v) is 12.6. The van der Waals surface area contributed by atoms with Gasteiger partial charge < -0.3 is 10.4 Å². The minimum Gasteiger partial charge on any atom is -0.396 e. The maximum Gasteiger partial charge on any atom is 0.321 e. The largest absolute Gasteiger partial charge is 0.396 e. The average molecular weight is 342 g/mol. The van der Waals surface area contributed by atoms with Crippen LogP contribution in [0.1, 0.15) is 19.8 Å². The molecule has 2 heterocycles. The molecule has 0 saturated carbocycles. The second-order valence-corrected chi connectivity index (χ2v) is 5.22. The Labute approximate surface area is 124 Å². The van der Waals surface area contributed by atoms with Gasteiger partial charge in [-0.3, -0.25) is 5.32 Å². The molecule has 0 unspecified atom stereocenters. The second kappa shape index (κ2) is 6.67. The lowest BCUT2D eigenvalue weighted by Gasteiger charge is -2.15. The molecule has 1 atom stereocenters. The van der Waals surface area contributed by atoms with Crippen LogP contribution in [0.4, 0.5) is 10.7 Å². The highest BCUT2D eigenvalue weighted by molar-refractivity contribution is 9.10. The number of amides is 2. The summed E-state index contributed by atoms with van der Waals surface area (Å²) in [6, 6.07) is 3.20. The van der Waals surface area contributed by atoms with Gasteiger partial charge in [0.05, 0.1) is 0 Å². The highest BCUT2D eigenvalue weighted by Crippen LogP contribution is 2.12. The Morgan fingerprint density at radius 1 is 1.55 bits per heavy atom. The summed E-state index contributed by atoms with van der Waals surface area (Å²) in [5.74, 6) is 0.236. The maximum absolute atomic E-state index is 11.8. The number of hydrogen-bond acceptors (Lipinski definition) is 4. The van der Waals surface area contributed by atoms with Gasteiger partial charge in [0.25, 0.3) is 5.95 Å². The molecule has 0 spiro atoms. The number of carbonyl (C=O) groups is 1. The first-order chi connectivity index (χ1) is 9.62. The van der Waals surface area contributed by atoms with Crippen molar-refractivity contribution in [1.29, 1.82) is 0 Å². The number of hydrogen-bond donors (Lipinski definition) is 3. The van der Waals surface area contributed by atoms with Crippen molar-refractivity contribution in [3.8, 4) is 0 Å². The molecule has 0 radical (unpaired) electrons. The van der Waals surface area contributed by atoms with Crippen LogP contribution in [0.15, 0.2) is 22.8 Å². The van der Waals surface area contributed by atoms with E-state index in [4.69, 9.17) is 5.11 Å². The monoisotopic (exact) mass is 341 g/mol. The van der Waals surface area contributed by atoms with E-state index in [9.17, 15) is 4.79 Å². The molecule has 8 heteroatoms. The van der Waals surface area contributed by atoms with Crippen molar-refractivity contribution >= 4 is 33.6 Å².